The Morgan fingerprint density at radius 2 is 1.72 bits per heavy atom. The molecule has 0 aliphatic rings. The normalized spacial score (nSPS) is 10.4. The summed E-state index contributed by atoms with van der Waals surface area (Å²) in [5.74, 6) is -0.0471. The highest BCUT2D eigenvalue weighted by Gasteiger charge is 2.32. The van der Waals surface area contributed by atoms with Crippen LogP contribution in [0, 0.1) is 17.0 Å². The van der Waals surface area contributed by atoms with Gasteiger partial charge in [-0.25, -0.2) is 9.78 Å². The summed E-state index contributed by atoms with van der Waals surface area (Å²) in [4.78, 5) is 28.8. The number of pyridine rings is 1. The molecule has 0 atom stereocenters. The van der Waals surface area contributed by atoms with Crippen LogP contribution in [0.4, 0.5) is 5.69 Å². The second kappa shape index (κ2) is 8.52. The van der Waals surface area contributed by atoms with Gasteiger partial charge in [-0.2, -0.15) is 0 Å². The monoisotopic (exact) mass is 392 g/mol. The molecular weight excluding hydrogens is 372 g/mol. The summed E-state index contributed by atoms with van der Waals surface area (Å²) in [5.41, 5.74) is 1.68. The van der Waals surface area contributed by atoms with Gasteiger partial charge in [-0.05, 0) is 31.5 Å². The first-order valence-electron chi connectivity index (χ1n) is 9.03. The minimum Gasteiger partial charge on any atom is -0.497 e. The molecule has 0 amide bonds. The molecule has 7 heteroatoms. The summed E-state index contributed by atoms with van der Waals surface area (Å²) in [6.07, 6.45) is 0. The van der Waals surface area contributed by atoms with Gasteiger partial charge < -0.3 is 9.47 Å². The zero-order chi connectivity index (χ0) is 21.0. The molecule has 29 heavy (non-hydrogen) atoms. The van der Waals surface area contributed by atoms with Gasteiger partial charge in [-0.1, -0.05) is 42.5 Å². The van der Waals surface area contributed by atoms with Crippen LogP contribution in [0.1, 0.15) is 23.0 Å². The van der Waals surface area contributed by atoms with Crippen molar-refractivity contribution in [1.29, 1.82) is 0 Å². The van der Waals surface area contributed by atoms with Crippen LogP contribution >= 0.6 is 0 Å². The summed E-state index contributed by atoms with van der Waals surface area (Å²) < 4.78 is 10.3. The molecule has 0 aliphatic heterocycles. The number of carbonyl (C=O) groups is 1. The van der Waals surface area contributed by atoms with E-state index in [1.807, 2.05) is 6.07 Å². The van der Waals surface area contributed by atoms with Crippen LogP contribution in [0.15, 0.2) is 54.6 Å². The maximum atomic E-state index is 12.7. The average molecular weight is 392 g/mol. The van der Waals surface area contributed by atoms with E-state index < -0.39 is 10.9 Å². The lowest BCUT2D eigenvalue weighted by Crippen LogP contribution is -2.13. The second-order valence-electron chi connectivity index (χ2n) is 6.22. The lowest BCUT2D eigenvalue weighted by Gasteiger charge is -2.15. The molecule has 7 nitrogen and oxygen atoms in total. The maximum absolute atomic E-state index is 12.7. The minimum atomic E-state index is -0.647. The van der Waals surface area contributed by atoms with E-state index in [1.165, 1.54) is 7.11 Å². The smallest absolute Gasteiger partial charge is 0.340 e. The third-order valence-corrected chi connectivity index (χ3v) is 4.44. The number of rotatable bonds is 6. The fourth-order valence-electron chi connectivity index (χ4n) is 3.16. The first-order chi connectivity index (χ1) is 14.0. The zero-order valence-electron chi connectivity index (χ0n) is 16.3. The largest absolute Gasteiger partial charge is 0.497 e. The lowest BCUT2D eigenvalue weighted by atomic mass is 9.94. The molecule has 0 saturated carbocycles. The molecule has 0 N–H and O–H groups in total. The van der Waals surface area contributed by atoms with Crippen LogP contribution in [0.5, 0.6) is 5.75 Å². The Morgan fingerprint density at radius 3 is 2.28 bits per heavy atom. The van der Waals surface area contributed by atoms with Crippen molar-refractivity contribution in [1.82, 2.24) is 4.98 Å². The molecule has 0 bridgehead atoms. The number of ether oxygens (including phenoxy) is 2. The van der Waals surface area contributed by atoms with Gasteiger partial charge >= 0.3 is 11.7 Å². The molecule has 0 fully saturated rings. The van der Waals surface area contributed by atoms with Crippen LogP contribution < -0.4 is 4.74 Å². The number of aryl methyl sites for hydroxylation is 1. The Labute approximate surface area is 168 Å². The van der Waals surface area contributed by atoms with Gasteiger partial charge in [0.25, 0.3) is 0 Å². The molecule has 148 valence electrons. The summed E-state index contributed by atoms with van der Waals surface area (Å²) in [5, 5.41) is 12.1. The van der Waals surface area contributed by atoms with Crippen molar-refractivity contribution >= 4 is 11.7 Å². The van der Waals surface area contributed by atoms with Gasteiger partial charge in [0.05, 0.1) is 35.5 Å². The van der Waals surface area contributed by atoms with Crippen molar-refractivity contribution in [3.63, 3.8) is 0 Å². The van der Waals surface area contributed by atoms with E-state index >= 15 is 0 Å². The number of benzene rings is 2. The molecule has 0 aliphatic carbocycles. The van der Waals surface area contributed by atoms with Gasteiger partial charge in [-0.3, -0.25) is 10.1 Å². The Hall–Kier alpha value is -3.74. The molecule has 3 aromatic rings. The zero-order valence-corrected chi connectivity index (χ0v) is 16.3. The van der Waals surface area contributed by atoms with Crippen LogP contribution in [0.25, 0.3) is 22.4 Å². The number of nitrogens with zero attached hydrogens (tertiary/aromatic N) is 2. The highest BCUT2D eigenvalue weighted by atomic mass is 16.6. The first-order valence-corrected chi connectivity index (χ1v) is 9.03. The molecular formula is C22H20N2O5. The van der Waals surface area contributed by atoms with Crippen LogP contribution in [-0.4, -0.2) is 29.6 Å². The SMILES string of the molecule is CCOC(=O)c1c(C)nc(-c2ccccc2)c([N+](=O)[O-])c1-c1ccc(OC)cc1. The van der Waals surface area contributed by atoms with Crippen molar-refractivity contribution in [2.24, 2.45) is 0 Å². The van der Waals surface area contributed by atoms with Crippen molar-refractivity contribution in [3.05, 3.63) is 76.0 Å². The fraction of sp³-hybridized carbons (Fsp3) is 0.182. The number of carbonyl (C=O) groups excluding carboxylic acids is 1. The second-order valence-corrected chi connectivity index (χ2v) is 6.22. The van der Waals surface area contributed by atoms with Gasteiger partial charge in [0, 0.05) is 5.56 Å². The maximum Gasteiger partial charge on any atom is 0.340 e. The Kier molecular flexibility index (Phi) is 5.87. The number of nitro groups is 1. The van der Waals surface area contributed by atoms with Crippen molar-refractivity contribution in [3.8, 4) is 28.1 Å². The summed E-state index contributed by atoms with van der Waals surface area (Å²) in [6, 6.07) is 15.6. The number of esters is 1. The van der Waals surface area contributed by atoms with Crippen LogP contribution in [0.2, 0.25) is 0 Å². The third kappa shape index (κ3) is 3.94. The number of methoxy groups -OCH3 is 1. The van der Waals surface area contributed by atoms with Crippen LogP contribution in [0.3, 0.4) is 0 Å². The standard InChI is InChI=1S/C22H20N2O5/c1-4-29-22(25)18-14(2)23-20(16-8-6-5-7-9-16)21(24(26)27)19(18)15-10-12-17(28-3)13-11-15/h5-13H,4H2,1-3H3. The highest BCUT2D eigenvalue weighted by molar-refractivity contribution is 6.03. The first kappa shape index (κ1) is 20.0. The van der Waals surface area contributed by atoms with Gasteiger partial charge in [0.15, 0.2) is 0 Å². The van der Waals surface area contributed by atoms with E-state index in [1.54, 1.807) is 62.4 Å². The summed E-state index contributed by atoms with van der Waals surface area (Å²) in [7, 11) is 1.53. The van der Waals surface area contributed by atoms with Crippen LogP contribution in [-0.2, 0) is 4.74 Å². The summed E-state index contributed by atoms with van der Waals surface area (Å²) >= 11 is 0. The minimum absolute atomic E-state index is 0.0865. The van der Waals surface area contributed by atoms with Crippen molar-refractivity contribution < 1.29 is 19.2 Å². The molecule has 2 aromatic carbocycles. The van der Waals surface area contributed by atoms with Crippen molar-refractivity contribution in [2.75, 3.05) is 13.7 Å². The predicted molar refractivity (Wildman–Crippen MR) is 109 cm³/mol. The Balaban J connectivity index is 2.40. The molecule has 1 aromatic heterocycles. The molecule has 3 rings (SSSR count). The Bertz CT molecular complexity index is 1050. The lowest BCUT2D eigenvalue weighted by molar-refractivity contribution is -0.383. The van der Waals surface area contributed by atoms with Gasteiger partial charge in [0.1, 0.15) is 11.4 Å². The van der Waals surface area contributed by atoms with Gasteiger partial charge in [0.2, 0.25) is 0 Å². The van der Waals surface area contributed by atoms with E-state index in [9.17, 15) is 14.9 Å². The molecule has 1 heterocycles. The average Bonchev–Trinajstić information content (AvgIpc) is 2.73. The number of hydrogen-bond donors (Lipinski definition) is 0. The highest BCUT2D eigenvalue weighted by Crippen LogP contribution is 2.41. The van der Waals surface area contributed by atoms with E-state index in [2.05, 4.69) is 4.98 Å². The number of aromatic nitrogens is 1. The molecule has 0 radical (unpaired) electrons. The third-order valence-electron chi connectivity index (χ3n) is 4.44. The fourth-order valence-corrected chi connectivity index (χ4v) is 3.16. The summed E-state index contributed by atoms with van der Waals surface area (Å²) in [6.45, 7) is 3.48. The number of hydrogen-bond acceptors (Lipinski definition) is 6. The molecule has 0 spiro atoms. The Morgan fingerprint density at radius 1 is 1.07 bits per heavy atom. The van der Waals surface area contributed by atoms with E-state index in [0.717, 1.165) is 0 Å². The molecule has 0 unspecified atom stereocenters. The van der Waals surface area contributed by atoms with Gasteiger partial charge in [-0.15, -0.1) is 0 Å². The van der Waals surface area contributed by atoms with Crippen molar-refractivity contribution in [2.45, 2.75) is 13.8 Å². The van der Waals surface area contributed by atoms with E-state index in [0.29, 0.717) is 22.6 Å². The van der Waals surface area contributed by atoms with E-state index in [-0.39, 0.29) is 29.1 Å². The predicted octanol–water partition coefficient (Wildman–Crippen LogP) is 4.82. The topological polar surface area (TPSA) is 91.6 Å². The molecule has 0 saturated heterocycles. The van der Waals surface area contributed by atoms with E-state index in [4.69, 9.17) is 9.47 Å². The quantitative estimate of drug-likeness (QED) is 0.339.